The molecule has 0 bridgehead atoms. The summed E-state index contributed by atoms with van der Waals surface area (Å²) in [5, 5.41) is 2.30. The van der Waals surface area contributed by atoms with Crippen LogP contribution in [0.5, 0.6) is 11.5 Å². The normalized spacial score (nSPS) is 14.0. The van der Waals surface area contributed by atoms with Gasteiger partial charge in [-0.1, -0.05) is 0 Å². The molecule has 26 heavy (non-hydrogen) atoms. The SMILES string of the molecule is O=C(COC(=O)c1ccc(F)c(F)c1)Nc1ccc2c(c1)OC(F)(F)O2. The molecule has 2 aromatic rings. The van der Waals surface area contributed by atoms with Crippen LogP contribution in [0.15, 0.2) is 36.4 Å². The Labute approximate surface area is 143 Å². The van der Waals surface area contributed by atoms with Crippen LogP contribution in [-0.2, 0) is 9.53 Å². The molecule has 0 aliphatic carbocycles. The molecule has 1 aliphatic rings. The van der Waals surface area contributed by atoms with Crippen molar-refractivity contribution < 1.29 is 41.4 Å². The smallest absolute Gasteiger partial charge is 0.452 e. The molecule has 1 amide bonds. The van der Waals surface area contributed by atoms with Gasteiger partial charge in [-0.15, -0.1) is 8.78 Å². The topological polar surface area (TPSA) is 73.9 Å². The Kier molecular flexibility index (Phi) is 4.41. The van der Waals surface area contributed by atoms with E-state index >= 15 is 0 Å². The Balaban J connectivity index is 1.56. The molecule has 0 fully saturated rings. The molecule has 0 saturated carbocycles. The average molecular weight is 371 g/mol. The van der Waals surface area contributed by atoms with Crippen molar-refractivity contribution in [2.24, 2.45) is 0 Å². The van der Waals surface area contributed by atoms with Crippen LogP contribution in [0.3, 0.4) is 0 Å². The number of hydrogen-bond donors (Lipinski definition) is 1. The number of fused-ring (bicyclic) bond motifs is 1. The van der Waals surface area contributed by atoms with Crippen molar-refractivity contribution >= 4 is 17.6 Å². The van der Waals surface area contributed by atoms with Gasteiger partial charge in [0.05, 0.1) is 5.56 Å². The molecule has 1 heterocycles. The van der Waals surface area contributed by atoms with Gasteiger partial charge in [0.2, 0.25) is 0 Å². The predicted octanol–water partition coefficient (Wildman–Crippen LogP) is 3.08. The molecule has 0 aromatic heterocycles. The molecule has 1 aliphatic heterocycles. The number of ether oxygens (including phenoxy) is 3. The summed E-state index contributed by atoms with van der Waals surface area (Å²) in [4.78, 5) is 23.4. The van der Waals surface area contributed by atoms with E-state index in [-0.39, 0.29) is 22.7 Å². The van der Waals surface area contributed by atoms with Crippen LogP contribution < -0.4 is 14.8 Å². The molecule has 0 spiro atoms. The van der Waals surface area contributed by atoms with E-state index in [9.17, 15) is 27.2 Å². The maximum absolute atomic E-state index is 13.1. The van der Waals surface area contributed by atoms with Gasteiger partial charge in [0.25, 0.3) is 5.91 Å². The fourth-order valence-electron chi connectivity index (χ4n) is 2.06. The van der Waals surface area contributed by atoms with E-state index in [1.807, 2.05) is 0 Å². The number of alkyl halides is 2. The molecular weight excluding hydrogens is 362 g/mol. The lowest BCUT2D eigenvalue weighted by Gasteiger charge is -2.07. The summed E-state index contributed by atoms with van der Waals surface area (Å²) >= 11 is 0. The summed E-state index contributed by atoms with van der Waals surface area (Å²) in [5.41, 5.74) is -0.180. The first kappa shape index (κ1) is 17.5. The molecule has 1 N–H and O–H groups in total. The van der Waals surface area contributed by atoms with Crippen molar-refractivity contribution in [1.29, 1.82) is 0 Å². The van der Waals surface area contributed by atoms with Crippen molar-refractivity contribution in [1.82, 2.24) is 0 Å². The lowest BCUT2D eigenvalue weighted by Crippen LogP contribution is -2.25. The van der Waals surface area contributed by atoms with Gasteiger partial charge >= 0.3 is 12.3 Å². The number of esters is 1. The Morgan fingerprint density at radius 3 is 2.46 bits per heavy atom. The molecule has 2 aromatic carbocycles. The van der Waals surface area contributed by atoms with Crippen LogP contribution in [0, 0.1) is 11.6 Å². The summed E-state index contributed by atoms with van der Waals surface area (Å²) in [5.74, 6) is -4.66. The van der Waals surface area contributed by atoms with E-state index in [1.54, 1.807) is 0 Å². The van der Waals surface area contributed by atoms with Crippen molar-refractivity contribution in [2.45, 2.75) is 6.29 Å². The van der Waals surface area contributed by atoms with E-state index in [0.717, 1.165) is 18.2 Å². The molecule has 3 rings (SSSR count). The number of carbonyl (C=O) groups excluding carboxylic acids is 2. The van der Waals surface area contributed by atoms with Crippen LogP contribution >= 0.6 is 0 Å². The lowest BCUT2D eigenvalue weighted by atomic mass is 10.2. The van der Waals surface area contributed by atoms with Gasteiger partial charge in [-0.05, 0) is 30.3 Å². The monoisotopic (exact) mass is 371 g/mol. The fraction of sp³-hybridized carbons (Fsp3) is 0.125. The van der Waals surface area contributed by atoms with Gasteiger partial charge in [0.1, 0.15) is 0 Å². The minimum Gasteiger partial charge on any atom is -0.452 e. The molecule has 136 valence electrons. The minimum absolute atomic E-state index is 0.0962. The van der Waals surface area contributed by atoms with Gasteiger partial charge in [-0.25, -0.2) is 13.6 Å². The largest absolute Gasteiger partial charge is 0.586 e. The fourth-order valence-corrected chi connectivity index (χ4v) is 2.06. The van der Waals surface area contributed by atoms with Gasteiger partial charge in [0, 0.05) is 11.8 Å². The number of halogens is 4. The Bertz CT molecular complexity index is 887. The van der Waals surface area contributed by atoms with Crippen LogP contribution in [0.25, 0.3) is 0 Å². The highest BCUT2D eigenvalue weighted by molar-refractivity contribution is 5.95. The molecule has 0 unspecified atom stereocenters. The van der Waals surface area contributed by atoms with Gasteiger partial charge in [0.15, 0.2) is 29.7 Å². The maximum atomic E-state index is 13.1. The Hall–Kier alpha value is -3.30. The number of benzene rings is 2. The summed E-state index contributed by atoms with van der Waals surface area (Å²) < 4.78 is 64.8. The standard InChI is InChI=1S/C16H9F4NO5/c17-10-3-1-8(5-11(10)18)15(23)24-7-14(22)21-9-2-4-12-13(6-9)26-16(19,20)25-12/h1-6H,7H2,(H,21,22). The second-order valence-corrected chi connectivity index (χ2v) is 5.08. The molecule has 10 heteroatoms. The van der Waals surface area contributed by atoms with Crippen LogP contribution in [0.1, 0.15) is 10.4 Å². The zero-order valence-electron chi connectivity index (χ0n) is 12.7. The lowest BCUT2D eigenvalue weighted by molar-refractivity contribution is -0.286. The summed E-state index contributed by atoms with van der Waals surface area (Å²) in [6, 6.07) is 5.92. The Morgan fingerprint density at radius 1 is 1.00 bits per heavy atom. The zero-order chi connectivity index (χ0) is 18.9. The average Bonchev–Trinajstić information content (AvgIpc) is 2.88. The first-order valence-electron chi connectivity index (χ1n) is 7.05. The molecule has 0 radical (unpaired) electrons. The second kappa shape index (κ2) is 6.54. The number of nitrogens with one attached hydrogen (secondary N) is 1. The Morgan fingerprint density at radius 2 is 1.73 bits per heavy atom. The molecular formula is C16H9F4NO5. The number of amides is 1. The predicted molar refractivity (Wildman–Crippen MR) is 77.9 cm³/mol. The van der Waals surface area contributed by atoms with Gasteiger partial charge < -0.3 is 19.5 Å². The summed E-state index contributed by atoms with van der Waals surface area (Å²) in [6.45, 7) is -0.734. The van der Waals surface area contributed by atoms with Gasteiger partial charge in [-0.3, -0.25) is 4.79 Å². The number of rotatable bonds is 4. The maximum Gasteiger partial charge on any atom is 0.586 e. The van der Waals surface area contributed by atoms with Crippen molar-refractivity contribution in [3.63, 3.8) is 0 Å². The number of anilines is 1. The highest BCUT2D eigenvalue weighted by atomic mass is 19.3. The first-order chi connectivity index (χ1) is 12.2. The van der Waals surface area contributed by atoms with E-state index in [1.165, 1.54) is 12.1 Å². The van der Waals surface area contributed by atoms with Crippen LogP contribution in [-0.4, -0.2) is 24.8 Å². The molecule has 6 nitrogen and oxygen atoms in total. The van der Waals surface area contributed by atoms with Crippen LogP contribution in [0.2, 0.25) is 0 Å². The van der Waals surface area contributed by atoms with E-state index in [2.05, 4.69) is 19.5 Å². The third-order valence-corrected chi connectivity index (χ3v) is 3.17. The van der Waals surface area contributed by atoms with Crippen molar-refractivity contribution in [3.05, 3.63) is 53.6 Å². The number of carbonyl (C=O) groups is 2. The summed E-state index contributed by atoms with van der Waals surface area (Å²) in [6.07, 6.45) is -3.79. The van der Waals surface area contributed by atoms with E-state index < -0.39 is 36.4 Å². The van der Waals surface area contributed by atoms with Crippen LogP contribution in [0.4, 0.5) is 23.2 Å². The first-order valence-corrected chi connectivity index (χ1v) is 7.05. The highest BCUT2D eigenvalue weighted by Crippen LogP contribution is 2.42. The summed E-state index contributed by atoms with van der Waals surface area (Å²) in [7, 11) is 0. The number of hydrogen-bond acceptors (Lipinski definition) is 5. The van der Waals surface area contributed by atoms with Crippen molar-refractivity contribution in [2.75, 3.05) is 11.9 Å². The van der Waals surface area contributed by atoms with Crippen molar-refractivity contribution in [3.8, 4) is 11.5 Å². The van der Waals surface area contributed by atoms with E-state index in [4.69, 9.17) is 0 Å². The molecule has 0 saturated heterocycles. The third kappa shape index (κ3) is 3.85. The minimum atomic E-state index is -3.79. The second-order valence-electron chi connectivity index (χ2n) is 5.08. The molecule has 0 atom stereocenters. The highest BCUT2D eigenvalue weighted by Gasteiger charge is 2.43. The van der Waals surface area contributed by atoms with Gasteiger partial charge in [-0.2, -0.15) is 0 Å². The van der Waals surface area contributed by atoms with E-state index in [0.29, 0.717) is 6.07 Å². The quantitative estimate of drug-likeness (QED) is 0.661. The zero-order valence-corrected chi connectivity index (χ0v) is 12.7. The third-order valence-electron chi connectivity index (χ3n) is 3.17.